The second-order valence-electron chi connectivity index (χ2n) is 11.5. The van der Waals surface area contributed by atoms with Crippen LogP contribution in [0.5, 0.6) is 5.75 Å². The molecule has 2 unspecified atom stereocenters. The minimum atomic E-state index is -2.78. The maximum Gasteiger partial charge on any atom is 0.253 e. The lowest BCUT2D eigenvalue weighted by molar-refractivity contribution is -0.181. The summed E-state index contributed by atoms with van der Waals surface area (Å²) < 4.78 is 0. The second-order valence-corrected chi connectivity index (χ2v) is 11.5. The van der Waals surface area contributed by atoms with E-state index in [-0.39, 0.29) is 30.5 Å². The zero-order valence-corrected chi connectivity index (χ0v) is 23.4. The number of carbonyl (C=O) groups is 6. The number of pyridine rings is 1. The summed E-state index contributed by atoms with van der Waals surface area (Å²) in [4.78, 5) is 84.7. The van der Waals surface area contributed by atoms with E-state index in [0.29, 0.717) is 17.5 Å². The Hall–Kier alpha value is -4.29. The molecule has 1 heterocycles. The largest absolute Gasteiger partial charge is 0.507 e. The number of nitrogens with zero attached hydrogens (tertiary/aromatic N) is 2. The standard InChI is InChI=1S/C30H32N4O8/c1-4-13-8-16(12-33-29(41)14-6-5-7-32-11-14)23(35)20-17(13)9-15-10-18-22(34(2)3)25(37)21(28(31)40)27(39)30(18,42)26(38)19(15)24(20)36/h5-8,11,15,18-19,21-22,35,42H,4,9-10,12H2,1-3H3,(H2,31,40)(H,33,41)/t15-,18-,19?,21?,22-,30-/m1/s1. The van der Waals surface area contributed by atoms with Gasteiger partial charge in [-0.15, -0.1) is 0 Å². The molecular formula is C30H32N4O8. The van der Waals surface area contributed by atoms with Gasteiger partial charge in [-0.05, 0) is 62.5 Å². The number of hydrogen-bond donors (Lipinski definition) is 4. The lowest BCUT2D eigenvalue weighted by Crippen LogP contribution is -2.74. The van der Waals surface area contributed by atoms with Crippen LogP contribution in [0, 0.1) is 23.7 Å². The van der Waals surface area contributed by atoms with Gasteiger partial charge in [0, 0.05) is 30.4 Å². The number of hydrogen-bond acceptors (Lipinski definition) is 10. The lowest BCUT2D eigenvalue weighted by Gasteiger charge is -2.52. The van der Waals surface area contributed by atoms with Crippen molar-refractivity contribution in [2.45, 2.75) is 44.4 Å². The van der Waals surface area contributed by atoms with Crippen LogP contribution in [-0.4, -0.2) is 80.8 Å². The van der Waals surface area contributed by atoms with Crippen LogP contribution in [-0.2, 0) is 38.6 Å². The number of primary amides is 1. The number of phenolic OH excluding ortho intramolecular Hbond substituents is 1. The van der Waals surface area contributed by atoms with Gasteiger partial charge in [-0.2, -0.15) is 0 Å². The molecule has 3 aliphatic rings. The van der Waals surface area contributed by atoms with Gasteiger partial charge >= 0.3 is 0 Å². The molecule has 12 nitrogen and oxygen atoms in total. The number of aromatic nitrogens is 1. The molecule has 6 atom stereocenters. The van der Waals surface area contributed by atoms with E-state index < -0.39 is 76.0 Å². The highest BCUT2D eigenvalue weighted by molar-refractivity contribution is 6.32. The number of aromatic hydroxyl groups is 1. The molecule has 0 bridgehead atoms. The molecule has 3 aliphatic carbocycles. The van der Waals surface area contributed by atoms with Crippen molar-refractivity contribution in [2.75, 3.05) is 14.1 Å². The minimum absolute atomic E-state index is 0.0171. The predicted octanol–water partition coefficient (Wildman–Crippen LogP) is -0.246. The van der Waals surface area contributed by atoms with Crippen LogP contribution < -0.4 is 11.1 Å². The fourth-order valence-corrected chi connectivity index (χ4v) is 7.04. The van der Waals surface area contributed by atoms with Crippen molar-refractivity contribution in [1.29, 1.82) is 0 Å². The molecule has 2 saturated carbocycles. The first-order chi connectivity index (χ1) is 19.8. The zero-order chi connectivity index (χ0) is 30.7. The van der Waals surface area contributed by atoms with Crippen molar-refractivity contribution in [3.8, 4) is 5.75 Å². The fourth-order valence-electron chi connectivity index (χ4n) is 7.04. The van der Waals surface area contributed by atoms with Crippen LogP contribution in [0.2, 0.25) is 0 Å². The van der Waals surface area contributed by atoms with E-state index >= 15 is 0 Å². The number of phenols is 1. The number of ketones is 4. The molecule has 5 rings (SSSR count). The molecule has 1 aromatic heterocycles. The maximum atomic E-state index is 14.0. The Kier molecular flexibility index (Phi) is 7.32. The van der Waals surface area contributed by atoms with Gasteiger partial charge in [0.05, 0.1) is 23.1 Å². The monoisotopic (exact) mass is 576 g/mol. The summed E-state index contributed by atoms with van der Waals surface area (Å²) in [5, 5.41) is 25.7. The highest BCUT2D eigenvalue weighted by Crippen LogP contribution is 2.51. The van der Waals surface area contributed by atoms with Gasteiger partial charge in [-0.3, -0.25) is 38.7 Å². The molecule has 12 heteroatoms. The lowest BCUT2D eigenvalue weighted by atomic mass is 9.52. The van der Waals surface area contributed by atoms with Crippen LogP contribution in [0.1, 0.15) is 50.8 Å². The smallest absolute Gasteiger partial charge is 0.253 e. The van der Waals surface area contributed by atoms with Crippen LogP contribution >= 0.6 is 0 Å². The normalized spacial score (nSPS) is 28.6. The summed E-state index contributed by atoms with van der Waals surface area (Å²) in [7, 11) is 3.08. The Morgan fingerprint density at radius 1 is 1.17 bits per heavy atom. The number of nitrogens with two attached hydrogens (primary N) is 1. The summed E-state index contributed by atoms with van der Waals surface area (Å²) >= 11 is 0. The van der Waals surface area contributed by atoms with E-state index in [0.717, 1.165) is 5.56 Å². The topological polar surface area (TPSA) is 197 Å². The summed E-state index contributed by atoms with van der Waals surface area (Å²) in [5.41, 5.74) is 4.34. The summed E-state index contributed by atoms with van der Waals surface area (Å²) in [6, 6.07) is 3.73. The molecule has 2 aromatic rings. The zero-order valence-electron chi connectivity index (χ0n) is 23.4. The number of aryl methyl sites for hydroxylation is 1. The number of amides is 2. The van der Waals surface area contributed by atoms with Crippen LogP contribution in [0.4, 0.5) is 0 Å². The molecule has 2 fully saturated rings. The number of rotatable bonds is 6. The van der Waals surface area contributed by atoms with E-state index in [2.05, 4.69) is 10.3 Å². The summed E-state index contributed by atoms with van der Waals surface area (Å²) in [5.74, 6) is -11.4. The van der Waals surface area contributed by atoms with Gasteiger partial charge in [-0.1, -0.05) is 13.0 Å². The predicted molar refractivity (Wildman–Crippen MR) is 146 cm³/mol. The third-order valence-electron chi connectivity index (χ3n) is 8.98. The molecule has 42 heavy (non-hydrogen) atoms. The number of benzene rings is 1. The Balaban J connectivity index is 1.55. The van der Waals surface area contributed by atoms with Crippen molar-refractivity contribution >= 4 is 34.9 Å². The fraction of sp³-hybridized carbons (Fsp3) is 0.433. The van der Waals surface area contributed by atoms with Gasteiger partial charge in [0.15, 0.2) is 34.7 Å². The van der Waals surface area contributed by atoms with Crippen LogP contribution in [0.15, 0.2) is 30.6 Å². The first-order valence-corrected chi connectivity index (χ1v) is 13.7. The number of carbonyl (C=O) groups excluding carboxylic acids is 6. The highest BCUT2D eigenvalue weighted by atomic mass is 16.3. The summed E-state index contributed by atoms with van der Waals surface area (Å²) in [6.07, 6.45) is 3.56. The summed E-state index contributed by atoms with van der Waals surface area (Å²) in [6.45, 7) is 1.75. The van der Waals surface area contributed by atoms with Crippen LogP contribution in [0.3, 0.4) is 0 Å². The van der Waals surface area contributed by atoms with Gasteiger partial charge in [0.2, 0.25) is 5.91 Å². The van der Waals surface area contributed by atoms with Crippen molar-refractivity contribution in [2.24, 2.45) is 29.4 Å². The van der Waals surface area contributed by atoms with Crippen molar-refractivity contribution < 1.29 is 39.0 Å². The number of fused-ring (bicyclic) bond motifs is 3. The molecule has 2 amide bonds. The number of likely N-dealkylation sites (N-methyl/N-ethyl adjacent to an activating group) is 1. The Morgan fingerprint density at radius 2 is 1.88 bits per heavy atom. The van der Waals surface area contributed by atoms with Crippen molar-refractivity contribution in [3.05, 3.63) is 58.4 Å². The van der Waals surface area contributed by atoms with Gasteiger partial charge in [0.1, 0.15) is 5.75 Å². The van der Waals surface area contributed by atoms with Crippen molar-refractivity contribution in [1.82, 2.24) is 15.2 Å². The number of Topliss-reactive ketones (excluding diaryl/α,β-unsaturated/α-hetero) is 4. The average molecular weight is 577 g/mol. The Morgan fingerprint density at radius 3 is 2.48 bits per heavy atom. The maximum absolute atomic E-state index is 14.0. The Labute approximate surface area is 241 Å². The number of nitrogens with one attached hydrogen (secondary N) is 1. The quantitative estimate of drug-likeness (QED) is 0.333. The molecule has 1 aromatic carbocycles. The molecule has 0 aliphatic heterocycles. The third kappa shape index (κ3) is 4.24. The van der Waals surface area contributed by atoms with Gasteiger partial charge < -0.3 is 21.3 Å². The average Bonchev–Trinajstić information content (AvgIpc) is 2.94. The SMILES string of the molecule is CCc1cc(CNC(=O)c2cccnc2)c(O)c2c1C[C@@H]1C[C@@H]3[C@@H](N(C)C)C(=O)C(C(N)=O)C(=O)[C@]3(O)C(=O)C1C2=O. The molecule has 220 valence electrons. The first-order valence-electron chi connectivity index (χ1n) is 13.7. The van der Waals surface area contributed by atoms with E-state index in [1.807, 2.05) is 6.92 Å². The minimum Gasteiger partial charge on any atom is -0.507 e. The molecule has 5 N–H and O–H groups in total. The highest BCUT2D eigenvalue weighted by Gasteiger charge is 2.69. The number of aliphatic hydroxyl groups is 1. The second kappa shape index (κ2) is 10.5. The first kappa shape index (κ1) is 29.2. The van der Waals surface area contributed by atoms with Gasteiger partial charge in [0.25, 0.3) is 5.91 Å². The van der Waals surface area contributed by atoms with E-state index in [9.17, 15) is 39.0 Å². The van der Waals surface area contributed by atoms with Crippen LogP contribution in [0.25, 0.3) is 0 Å². The Bertz CT molecular complexity index is 1540. The molecule has 0 saturated heterocycles. The molecule has 0 radical (unpaired) electrons. The van der Waals surface area contributed by atoms with E-state index in [1.54, 1.807) is 18.2 Å². The van der Waals surface area contributed by atoms with Crippen molar-refractivity contribution in [3.63, 3.8) is 0 Å². The van der Waals surface area contributed by atoms with E-state index in [4.69, 9.17) is 5.73 Å². The van der Waals surface area contributed by atoms with Gasteiger partial charge in [-0.25, -0.2) is 0 Å². The third-order valence-corrected chi connectivity index (χ3v) is 8.98. The molecular weight excluding hydrogens is 544 g/mol. The van der Waals surface area contributed by atoms with E-state index in [1.165, 1.54) is 31.4 Å². The molecule has 0 spiro atoms.